The van der Waals surface area contributed by atoms with Crippen molar-refractivity contribution in [2.45, 2.75) is 45.1 Å². The van der Waals surface area contributed by atoms with Crippen molar-refractivity contribution < 1.29 is 9.59 Å². The maximum absolute atomic E-state index is 12.3. The van der Waals surface area contributed by atoms with E-state index in [0.29, 0.717) is 0 Å². The molecule has 0 saturated heterocycles. The summed E-state index contributed by atoms with van der Waals surface area (Å²) in [5.41, 5.74) is 3.17. The lowest BCUT2D eigenvalue weighted by molar-refractivity contribution is -0.130. The first-order valence-electron chi connectivity index (χ1n) is 9.38. The molecule has 136 valence electrons. The molecule has 4 rings (SSSR count). The second-order valence-corrected chi connectivity index (χ2v) is 8.26. The fourth-order valence-corrected chi connectivity index (χ4v) is 5.10. The van der Waals surface area contributed by atoms with E-state index in [9.17, 15) is 9.59 Å². The van der Waals surface area contributed by atoms with Crippen molar-refractivity contribution >= 4 is 28.8 Å². The zero-order chi connectivity index (χ0) is 18.1. The number of carbonyl (C=O) groups excluding carboxylic acids is 2. The van der Waals surface area contributed by atoms with Gasteiger partial charge in [0.1, 0.15) is 0 Å². The summed E-state index contributed by atoms with van der Waals surface area (Å²) >= 11 is 1.77. The van der Waals surface area contributed by atoms with Gasteiger partial charge in [0.15, 0.2) is 0 Å². The Kier molecular flexibility index (Phi) is 4.81. The summed E-state index contributed by atoms with van der Waals surface area (Å²) in [6.45, 7) is 2.40. The second kappa shape index (κ2) is 7.23. The molecule has 0 unspecified atom stereocenters. The Labute approximate surface area is 158 Å². The van der Waals surface area contributed by atoms with Crippen LogP contribution < -0.4 is 5.32 Å². The van der Waals surface area contributed by atoms with Crippen LogP contribution in [0, 0.1) is 5.92 Å². The molecule has 1 aliphatic carbocycles. The molecule has 1 aliphatic heterocycles. The van der Waals surface area contributed by atoms with Gasteiger partial charge in [-0.2, -0.15) is 0 Å². The lowest BCUT2D eigenvalue weighted by Gasteiger charge is -2.35. The highest BCUT2D eigenvalue weighted by Gasteiger charge is 2.31. The first-order chi connectivity index (χ1) is 12.6. The average molecular weight is 369 g/mol. The standard InChI is InChI=1S/C21H24N2O2S/c1-14(24)23-12-10-19-18(11-13-26-19)20(23)15-6-8-17(9-7-15)22-21(25)16-4-2-3-5-16/h6-9,11,13,16,20H,2-5,10,12H2,1H3,(H,22,25)/t20-/m1/s1. The van der Waals surface area contributed by atoms with E-state index in [1.807, 2.05) is 29.2 Å². The molecule has 1 aromatic carbocycles. The minimum atomic E-state index is -0.0258. The van der Waals surface area contributed by atoms with Crippen LogP contribution in [0.15, 0.2) is 35.7 Å². The molecule has 4 nitrogen and oxygen atoms in total. The Morgan fingerprint density at radius 1 is 1.12 bits per heavy atom. The predicted molar refractivity (Wildman–Crippen MR) is 104 cm³/mol. The molecule has 0 bridgehead atoms. The number of benzene rings is 1. The number of rotatable bonds is 3. The summed E-state index contributed by atoms with van der Waals surface area (Å²) in [7, 11) is 0. The maximum atomic E-state index is 12.3. The number of fused-ring (bicyclic) bond motifs is 1. The van der Waals surface area contributed by atoms with Gasteiger partial charge >= 0.3 is 0 Å². The molecule has 5 heteroatoms. The van der Waals surface area contributed by atoms with E-state index in [1.165, 1.54) is 10.4 Å². The highest BCUT2D eigenvalue weighted by molar-refractivity contribution is 7.10. The van der Waals surface area contributed by atoms with Gasteiger partial charge in [-0.25, -0.2) is 0 Å². The summed E-state index contributed by atoms with van der Waals surface area (Å²) in [4.78, 5) is 27.8. The Hall–Kier alpha value is -2.14. The Balaban J connectivity index is 1.55. The van der Waals surface area contributed by atoms with E-state index in [1.54, 1.807) is 18.3 Å². The SMILES string of the molecule is CC(=O)N1CCc2sccc2[C@H]1c1ccc(NC(=O)C2CCCC2)cc1. The van der Waals surface area contributed by atoms with Crippen LogP contribution in [0.5, 0.6) is 0 Å². The van der Waals surface area contributed by atoms with Crippen molar-refractivity contribution in [1.82, 2.24) is 4.90 Å². The van der Waals surface area contributed by atoms with Gasteiger partial charge in [-0.1, -0.05) is 25.0 Å². The molecule has 2 amide bonds. The van der Waals surface area contributed by atoms with Gasteiger partial charge in [-0.3, -0.25) is 9.59 Å². The minimum absolute atomic E-state index is 0.0258. The van der Waals surface area contributed by atoms with Crippen molar-refractivity contribution in [2.75, 3.05) is 11.9 Å². The minimum Gasteiger partial charge on any atom is -0.331 e. The van der Waals surface area contributed by atoms with E-state index >= 15 is 0 Å². The largest absolute Gasteiger partial charge is 0.331 e. The Bertz CT molecular complexity index is 806. The van der Waals surface area contributed by atoms with Gasteiger partial charge in [-0.15, -0.1) is 11.3 Å². The molecule has 1 N–H and O–H groups in total. The molecule has 1 aromatic heterocycles. The van der Waals surface area contributed by atoms with Gasteiger partial charge in [0.2, 0.25) is 11.8 Å². The Morgan fingerprint density at radius 3 is 2.54 bits per heavy atom. The van der Waals surface area contributed by atoms with Crippen LogP contribution in [0.25, 0.3) is 0 Å². The third kappa shape index (κ3) is 3.28. The van der Waals surface area contributed by atoms with Crippen molar-refractivity contribution in [3.8, 4) is 0 Å². The van der Waals surface area contributed by atoms with Crippen LogP contribution in [0.3, 0.4) is 0 Å². The molecule has 0 spiro atoms. The van der Waals surface area contributed by atoms with Crippen molar-refractivity contribution in [2.24, 2.45) is 5.92 Å². The molecular formula is C21H24N2O2S. The Morgan fingerprint density at radius 2 is 1.85 bits per heavy atom. The molecule has 2 aliphatic rings. The molecule has 2 heterocycles. The molecule has 26 heavy (non-hydrogen) atoms. The van der Waals surface area contributed by atoms with Crippen LogP contribution in [-0.2, 0) is 16.0 Å². The number of nitrogens with one attached hydrogen (secondary N) is 1. The zero-order valence-electron chi connectivity index (χ0n) is 15.0. The van der Waals surface area contributed by atoms with Gasteiger partial charge in [-0.05, 0) is 54.0 Å². The fraction of sp³-hybridized carbons (Fsp3) is 0.429. The number of amides is 2. The van der Waals surface area contributed by atoms with Crippen molar-refractivity contribution in [3.05, 3.63) is 51.7 Å². The van der Waals surface area contributed by atoms with Crippen LogP contribution in [-0.4, -0.2) is 23.3 Å². The van der Waals surface area contributed by atoms with Gasteiger partial charge < -0.3 is 10.2 Å². The molecular weight excluding hydrogens is 344 g/mol. The van der Waals surface area contributed by atoms with Crippen LogP contribution in [0.1, 0.15) is 54.7 Å². The number of carbonyl (C=O) groups is 2. The fourth-order valence-electron chi connectivity index (χ4n) is 4.20. The summed E-state index contributed by atoms with van der Waals surface area (Å²) < 4.78 is 0. The lowest BCUT2D eigenvalue weighted by Crippen LogP contribution is -2.38. The van der Waals surface area contributed by atoms with E-state index in [2.05, 4.69) is 16.8 Å². The van der Waals surface area contributed by atoms with Crippen molar-refractivity contribution in [1.29, 1.82) is 0 Å². The van der Waals surface area contributed by atoms with E-state index < -0.39 is 0 Å². The topological polar surface area (TPSA) is 49.4 Å². The third-order valence-corrected chi connectivity index (χ3v) is 6.59. The van der Waals surface area contributed by atoms with Crippen LogP contribution in [0.4, 0.5) is 5.69 Å². The number of hydrogen-bond donors (Lipinski definition) is 1. The zero-order valence-corrected chi connectivity index (χ0v) is 15.8. The van der Waals surface area contributed by atoms with Gasteiger partial charge in [0, 0.05) is 30.0 Å². The first-order valence-corrected chi connectivity index (χ1v) is 10.3. The summed E-state index contributed by atoms with van der Waals surface area (Å²) in [5.74, 6) is 0.401. The highest BCUT2D eigenvalue weighted by Crippen LogP contribution is 2.38. The number of nitrogens with zero attached hydrogens (tertiary/aromatic N) is 1. The average Bonchev–Trinajstić information content (AvgIpc) is 3.33. The molecule has 1 saturated carbocycles. The summed E-state index contributed by atoms with van der Waals surface area (Å²) in [6, 6.07) is 10.1. The van der Waals surface area contributed by atoms with E-state index in [0.717, 1.165) is 49.9 Å². The second-order valence-electron chi connectivity index (χ2n) is 7.26. The highest BCUT2D eigenvalue weighted by atomic mass is 32.1. The quantitative estimate of drug-likeness (QED) is 0.874. The van der Waals surface area contributed by atoms with Gasteiger partial charge in [0.25, 0.3) is 0 Å². The van der Waals surface area contributed by atoms with Crippen LogP contribution in [0.2, 0.25) is 0 Å². The molecule has 2 aromatic rings. The number of thiophene rings is 1. The molecule has 1 atom stereocenters. The monoisotopic (exact) mass is 368 g/mol. The molecule has 0 radical (unpaired) electrons. The normalized spacial score (nSPS) is 20.0. The van der Waals surface area contributed by atoms with Crippen LogP contribution >= 0.6 is 11.3 Å². The smallest absolute Gasteiger partial charge is 0.227 e. The summed E-state index contributed by atoms with van der Waals surface area (Å²) in [6.07, 6.45) is 5.24. The van der Waals surface area contributed by atoms with E-state index in [4.69, 9.17) is 0 Å². The first kappa shape index (κ1) is 17.3. The van der Waals surface area contributed by atoms with Crippen molar-refractivity contribution in [3.63, 3.8) is 0 Å². The van der Waals surface area contributed by atoms with Gasteiger partial charge in [0.05, 0.1) is 6.04 Å². The third-order valence-electron chi connectivity index (χ3n) is 5.59. The summed E-state index contributed by atoms with van der Waals surface area (Å²) in [5, 5.41) is 5.15. The molecule has 1 fully saturated rings. The van der Waals surface area contributed by atoms with E-state index in [-0.39, 0.29) is 23.8 Å². The maximum Gasteiger partial charge on any atom is 0.227 e. The predicted octanol–water partition coefficient (Wildman–Crippen LogP) is 4.37. The lowest BCUT2D eigenvalue weighted by atomic mass is 9.93. The number of hydrogen-bond acceptors (Lipinski definition) is 3. The number of anilines is 1.